The lowest BCUT2D eigenvalue weighted by atomic mass is 10.2. The van der Waals surface area contributed by atoms with Crippen LogP contribution in [0, 0.1) is 0 Å². The van der Waals surface area contributed by atoms with Gasteiger partial charge in [0.05, 0.1) is 19.5 Å². The molecule has 0 saturated carbocycles. The van der Waals surface area contributed by atoms with Gasteiger partial charge in [-0.2, -0.15) is 4.98 Å². The molecule has 3 heterocycles. The van der Waals surface area contributed by atoms with Crippen LogP contribution < -0.4 is 21.2 Å². The van der Waals surface area contributed by atoms with Crippen molar-refractivity contribution in [3.05, 3.63) is 67.5 Å². The summed E-state index contributed by atoms with van der Waals surface area (Å²) in [5, 5.41) is 9.07. The summed E-state index contributed by atoms with van der Waals surface area (Å²) in [6.45, 7) is 0.458. The lowest BCUT2D eigenvalue weighted by molar-refractivity contribution is 0.0777. The van der Waals surface area contributed by atoms with Crippen molar-refractivity contribution in [2.24, 2.45) is 0 Å². The average molecular weight is 367 g/mol. The summed E-state index contributed by atoms with van der Waals surface area (Å²) in [7, 11) is 3.36. The molecule has 0 spiro atoms. The number of carbonyl (C=O) groups is 1. The largest absolute Gasteiger partial charge is 0.515 e. The molecule has 0 atom stereocenters. The van der Waals surface area contributed by atoms with Gasteiger partial charge in [-0.1, -0.05) is 30.3 Å². The average Bonchev–Trinajstić information content (AvgIpc) is 3.06. The van der Waals surface area contributed by atoms with Crippen LogP contribution in [0.4, 0.5) is 5.82 Å². The highest BCUT2D eigenvalue weighted by Crippen LogP contribution is 2.24. The molecular weight excluding hydrogens is 350 g/mol. The quantitative estimate of drug-likeness (QED) is 0.649. The molecule has 1 aliphatic rings. The maximum Gasteiger partial charge on any atom is 0.276 e. The first kappa shape index (κ1) is 16.8. The van der Waals surface area contributed by atoms with Crippen LogP contribution in [0.2, 0.25) is 0 Å². The van der Waals surface area contributed by atoms with E-state index in [-0.39, 0.29) is 23.9 Å². The number of aliphatic hydroxyl groups excluding tert-OH is 1. The minimum absolute atomic E-state index is 0.0694. The van der Waals surface area contributed by atoms with Gasteiger partial charge in [-0.25, -0.2) is 4.40 Å². The Hall–Kier alpha value is -3.62. The third kappa shape index (κ3) is 2.39. The molecule has 3 aromatic rings. The number of imidazole rings is 1. The summed E-state index contributed by atoms with van der Waals surface area (Å²) in [5.74, 6) is 0.0213. The van der Waals surface area contributed by atoms with Gasteiger partial charge in [0, 0.05) is 14.1 Å². The molecule has 2 aromatic heterocycles. The predicted octanol–water partition coefficient (Wildman–Crippen LogP) is -0.601. The zero-order valence-corrected chi connectivity index (χ0v) is 14.8. The van der Waals surface area contributed by atoms with Gasteiger partial charge in [0.15, 0.2) is 11.5 Å². The molecule has 0 radical (unpaired) electrons. The van der Waals surface area contributed by atoms with Crippen molar-refractivity contribution < 1.29 is 9.90 Å². The highest BCUT2D eigenvalue weighted by molar-refractivity contribution is 6.00. The molecule has 1 aromatic carbocycles. The van der Waals surface area contributed by atoms with E-state index in [0.29, 0.717) is 18.7 Å². The van der Waals surface area contributed by atoms with Crippen LogP contribution >= 0.6 is 0 Å². The van der Waals surface area contributed by atoms with Gasteiger partial charge in [0.1, 0.15) is 5.22 Å². The van der Waals surface area contributed by atoms with E-state index in [0.717, 1.165) is 9.96 Å². The Balaban J connectivity index is 2.12. The topological polar surface area (TPSA) is 100 Å². The Morgan fingerprint density at radius 1 is 1.07 bits per heavy atom. The standard InChI is InChI=1S/C18H17N5O4/c1-20-10-21(2)17(27)13-14(20)19-18-22(8-11-6-4-3-5-7-11)15(25)12(9-24)16(26)23(13)18/h3-7,9,24H,8,10H2,1-2H3/b12-9+. The number of benzene rings is 1. The molecule has 9 nitrogen and oxygen atoms in total. The fourth-order valence-corrected chi connectivity index (χ4v) is 3.33. The second kappa shape index (κ2) is 5.97. The van der Waals surface area contributed by atoms with Crippen molar-refractivity contribution in [3.8, 4) is 0 Å². The number of rotatable bonds is 2. The molecule has 1 N–H and O–H groups in total. The Morgan fingerprint density at radius 2 is 1.78 bits per heavy atom. The molecule has 4 rings (SSSR count). The fourth-order valence-electron chi connectivity index (χ4n) is 3.33. The van der Waals surface area contributed by atoms with E-state index < -0.39 is 16.3 Å². The minimum atomic E-state index is -0.771. The molecule has 1 aliphatic heterocycles. The number of aromatic nitrogens is 3. The van der Waals surface area contributed by atoms with Gasteiger partial charge < -0.3 is 14.9 Å². The van der Waals surface area contributed by atoms with Crippen LogP contribution in [-0.4, -0.2) is 50.6 Å². The van der Waals surface area contributed by atoms with Gasteiger partial charge >= 0.3 is 0 Å². The Kier molecular flexibility index (Phi) is 3.72. The zero-order valence-electron chi connectivity index (χ0n) is 14.8. The number of nitrogens with zero attached hydrogens (tertiary/aromatic N) is 5. The van der Waals surface area contributed by atoms with E-state index in [4.69, 9.17) is 0 Å². The van der Waals surface area contributed by atoms with Crippen LogP contribution in [0.3, 0.4) is 0 Å². The van der Waals surface area contributed by atoms with E-state index in [1.807, 2.05) is 30.3 Å². The summed E-state index contributed by atoms with van der Waals surface area (Å²) < 4.78 is 2.40. The maximum atomic E-state index is 12.8. The highest BCUT2D eigenvalue weighted by Gasteiger charge is 2.33. The fraction of sp³-hybridized carbons (Fsp3) is 0.222. The van der Waals surface area contributed by atoms with Crippen molar-refractivity contribution in [2.45, 2.75) is 6.54 Å². The number of hydrogen-bond donors (Lipinski definition) is 1. The van der Waals surface area contributed by atoms with E-state index in [1.165, 1.54) is 9.47 Å². The Bertz CT molecular complexity index is 1230. The summed E-state index contributed by atoms with van der Waals surface area (Å²) in [5.41, 5.74) is -0.532. The molecule has 0 bridgehead atoms. The second-order valence-electron chi connectivity index (χ2n) is 6.49. The van der Waals surface area contributed by atoms with E-state index in [1.54, 1.807) is 19.0 Å². The molecule has 0 fully saturated rings. The van der Waals surface area contributed by atoms with Gasteiger partial charge in [-0.05, 0) is 5.56 Å². The summed E-state index contributed by atoms with van der Waals surface area (Å²) in [6.07, 6.45) is 0.485. The summed E-state index contributed by atoms with van der Waals surface area (Å²) >= 11 is 0. The number of fused-ring (bicyclic) bond motifs is 3. The molecule has 0 unspecified atom stereocenters. The number of amides is 1. The van der Waals surface area contributed by atoms with Gasteiger partial charge in [-0.3, -0.25) is 19.0 Å². The van der Waals surface area contributed by atoms with Crippen molar-refractivity contribution in [1.82, 2.24) is 18.9 Å². The molecule has 0 aliphatic carbocycles. The third-order valence-corrected chi connectivity index (χ3v) is 4.64. The summed E-state index contributed by atoms with van der Waals surface area (Å²) in [6, 6.07) is 9.20. The zero-order chi connectivity index (χ0) is 19.3. The highest BCUT2D eigenvalue weighted by atomic mass is 16.2. The normalized spacial score (nSPS) is 14.9. The molecule has 27 heavy (non-hydrogen) atoms. The molecule has 0 saturated heterocycles. The molecule has 138 valence electrons. The minimum Gasteiger partial charge on any atom is -0.515 e. The van der Waals surface area contributed by atoms with Gasteiger partial charge in [0.25, 0.3) is 17.0 Å². The number of anilines is 1. The second-order valence-corrected chi connectivity index (χ2v) is 6.49. The molecular formula is C18H17N5O4. The van der Waals surface area contributed by atoms with E-state index in [2.05, 4.69) is 4.98 Å². The lowest BCUT2D eigenvalue weighted by Crippen LogP contribution is -2.50. The van der Waals surface area contributed by atoms with Crippen molar-refractivity contribution in [3.63, 3.8) is 0 Å². The first-order valence-electron chi connectivity index (χ1n) is 8.28. The SMILES string of the molecule is CN1CN(C)c2nc3n(Cc4ccccc4)c(=O)/c(=C\O)c(=O)n3c2C1=O. The first-order chi connectivity index (χ1) is 12.9. The van der Waals surface area contributed by atoms with Crippen LogP contribution in [0.15, 0.2) is 39.9 Å². The van der Waals surface area contributed by atoms with Crippen LogP contribution in [0.1, 0.15) is 16.1 Å². The van der Waals surface area contributed by atoms with E-state index >= 15 is 0 Å². The van der Waals surface area contributed by atoms with Crippen molar-refractivity contribution >= 4 is 23.8 Å². The number of carbonyl (C=O) groups excluding carboxylic acids is 1. The van der Waals surface area contributed by atoms with Crippen LogP contribution in [0.25, 0.3) is 12.0 Å². The number of aliphatic hydroxyl groups is 1. The lowest BCUT2D eigenvalue weighted by Gasteiger charge is -2.30. The van der Waals surface area contributed by atoms with Gasteiger partial charge in [-0.15, -0.1) is 0 Å². The smallest absolute Gasteiger partial charge is 0.276 e. The first-order valence-corrected chi connectivity index (χ1v) is 8.28. The van der Waals surface area contributed by atoms with Crippen LogP contribution in [-0.2, 0) is 6.54 Å². The number of hydrogen-bond acceptors (Lipinski definition) is 6. The van der Waals surface area contributed by atoms with Crippen molar-refractivity contribution in [2.75, 3.05) is 25.7 Å². The molecule has 1 amide bonds. The maximum absolute atomic E-state index is 12.8. The van der Waals surface area contributed by atoms with Gasteiger partial charge in [0.2, 0.25) is 5.78 Å². The third-order valence-electron chi connectivity index (χ3n) is 4.64. The Morgan fingerprint density at radius 3 is 2.44 bits per heavy atom. The monoisotopic (exact) mass is 367 g/mol. The summed E-state index contributed by atoms with van der Waals surface area (Å²) in [4.78, 5) is 45.9. The van der Waals surface area contributed by atoms with Crippen molar-refractivity contribution in [1.29, 1.82) is 0 Å². The predicted molar refractivity (Wildman–Crippen MR) is 98.9 cm³/mol. The molecule has 9 heteroatoms. The Labute approximate surface area is 153 Å². The van der Waals surface area contributed by atoms with E-state index in [9.17, 15) is 19.5 Å². The van der Waals surface area contributed by atoms with Crippen LogP contribution in [0.5, 0.6) is 0 Å².